The van der Waals surface area contributed by atoms with E-state index < -0.39 is 0 Å². The maximum atomic E-state index is 13.6. The number of amides is 2. The highest BCUT2D eigenvalue weighted by molar-refractivity contribution is 7.10. The molecular formula is C27H30N2O2S. The number of carbonyl (C=O) groups is 2. The molecule has 1 atom stereocenters. The smallest absolute Gasteiger partial charge is 0.254 e. The zero-order valence-corrected chi connectivity index (χ0v) is 19.8. The van der Waals surface area contributed by atoms with E-state index >= 15 is 0 Å². The van der Waals surface area contributed by atoms with Crippen LogP contribution in [-0.2, 0) is 11.2 Å². The lowest BCUT2D eigenvalue weighted by molar-refractivity contribution is -0.134. The molecule has 4 nitrogen and oxygen atoms in total. The molecule has 166 valence electrons. The predicted octanol–water partition coefficient (Wildman–Crippen LogP) is 5.33. The van der Waals surface area contributed by atoms with Gasteiger partial charge in [-0.25, -0.2) is 0 Å². The Morgan fingerprint density at radius 2 is 1.78 bits per heavy atom. The van der Waals surface area contributed by atoms with E-state index in [0.717, 1.165) is 17.5 Å². The zero-order chi connectivity index (χ0) is 22.7. The highest BCUT2D eigenvalue weighted by Crippen LogP contribution is 2.37. The van der Waals surface area contributed by atoms with Crippen LogP contribution in [0, 0.1) is 12.8 Å². The van der Waals surface area contributed by atoms with Gasteiger partial charge in [0, 0.05) is 23.5 Å². The predicted molar refractivity (Wildman–Crippen MR) is 130 cm³/mol. The largest absolute Gasteiger partial charge is 0.330 e. The molecule has 2 aromatic carbocycles. The maximum absolute atomic E-state index is 13.6. The highest BCUT2D eigenvalue weighted by atomic mass is 32.1. The van der Waals surface area contributed by atoms with E-state index in [2.05, 4.69) is 37.4 Å². The van der Waals surface area contributed by atoms with Crippen LogP contribution in [0.5, 0.6) is 0 Å². The Balaban J connectivity index is 1.60. The average molecular weight is 447 g/mol. The molecule has 1 aliphatic heterocycles. The number of hydrogen-bond donors (Lipinski definition) is 0. The molecule has 2 heterocycles. The molecule has 0 N–H and O–H groups in total. The van der Waals surface area contributed by atoms with Gasteiger partial charge in [0.05, 0.1) is 6.04 Å². The van der Waals surface area contributed by atoms with Crippen molar-refractivity contribution in [2.75, 3.05) is 19.6 Å². The van der Waals surface area contributed by atoms with Crippen molar-refractivity contribution in [1.29, 1.82) is 0 Å². The Labute approximate surface area is 194 Å². The first-order valence-electron chi connectivity index (χ1n) is 11.2. The van der Waals surface area contributed by atoms with Gasteiger partial charge in [0.25, 0.3) is 5.91 Å². The van der Waals surface area contributed by atoms with E-state index in [1.807, 2.05) is 54.3 Å². The van der Waals surface area contributed by atoms with Crippen molar-refractivity contribution in [2.45, 2.75) is 33.2 Å². The number of thiophene rings is 1. The zero-order valence-electron chi connectivity index (χ0n) is 19.0. The summed E-state index contributed by atoms with van der Waals surface area (Å²) in [6.07, 6.45) is 0.859. The first-order chi connectivity index (χ1) is 15.4. The third-order valence-electron chi connectivity index (χ3n) is 5.90. The molecule has 4 rings (SSSR count). The van der Waals surface area contributed by atoms with Crippen LogP contribution < -0.4 is 0 Å². The molecule has 1 unspecified atom stereocenters. The lowest BCUT2D eigenvalue weighted by atomic mass is 9.93. The summed E-state index contributed by atoms with van der Waals surface area (Å²) in [6.45, 7) is 7.46. The van der Waals surface area contributed by atoms with Crippen LogP contribution in [0.25, 0.3) is 0 Å². The Hall–Kier alpha value is -2.92. The molecule has 0 aliphatic carbocycles. The first-order valence-corrected chi connectivity index (χ1v) is 12.1. The minimum absolute atomic E-state index is 0.00295. The quantitative estimate of drug-likeness (QED) is 0.514. The molecule has 0 saturated carbocycles. The standard InChI is InChI=1S/C27H30N2O2S/c1-19(2)17-28(27(31)22-11-9-20(3)10-12-22)18-25(30)29-15-13-24-23(14-16-32-24)26(29)21-7-5-4-6-8-21/h4-12,14,16,19,26H,13,15,17-18H2,1-3H3. The van der Waals surface area contributed by atoms with E-state index in [0.29, 0.717) is 18.7 Å². The summed E-state index contributed by atoms with van der Waals surface area (Å²) in [4.78, 5) is 31.9. The van der Waals surface area contributed by atoms with Gasteiger partial charge < -0.3 is 9.80 Å². The summed E-state index contributed by atoms with van der Waals surface area (Å²) in [5.41, 5.74) is 4.06. The average Bonchev–Trinajstić information content (AvgIpc) is 3.27. The van der Waals surface area contributed by atoms with Crippen LogP contribution in [-0.4, -0.2) is 41.2 Å². The molecule has 0 fully saturated rings. The van der Waals surface area contributed by atoms with E-state index in [1.54, 1.807) is 16.2 Å². The van der Waals surface area contributed by atoms with Crippen LogP contribution >= 0.6 is 11.3 Å². The van der Waals surface area contributed by atoms with Crippen LogP contribution in [0.3, 0.4) is 0 Å². The van der Waals surface area contributed by atoms with Crippen LogP contribution in [0.4, 0.5) is 0 Å². The maximum Gasteiger partial charge on any atom is 0.254 e. The summed E-state index contributed by atoms with van der Waals surface area (Å²) in [7, 11) is 0. The molecule has 1 aliphatic rings. The Morgan fingerprint density at radius 1 is 1.06 bits per heavy atom. The minimum atomic E-state index is -0.103. The molecular weight excluding hydrogens is 416 g/mol. The molecule has 3 aromatic rings. The molecule has 0 saturated heterocycles. The SMILES string of the molecule is Cc1ccc(C(=O)N(CC(=O)N2CCc3sccc3C2c2ccccc2)CC(C)C)cc1. The number of rotatable bonds is 6. The first kappa shape index (κ1) is 22.3. The second-order valence-electron chi connectivity index (χ2n) is 8.90. The Kier molecular flexibility index (Phi) is 6.75. The van der Waals surface area contributed by atoms with Gasteiger partial charge in [-0.05, 0) is 54.0 Å². The van der Waals surface area contributed by atoms with E-state index in [1.165, 1.54) is 10.4 Å². The van der Waals surface area contributed by atoms with Crippen molar-refractivity contribution in [2.24, 2.45) is 5.92 Å². The van der Waals surface area contributed by atoms with E-state index in [4.69, 9.17) is 0 Å². The van der Waals surface area contributed by atoms with Crippen molar-refractivity contribution < 1.29 is 9.59 Å². The summed E-state index contributed by atoms with van der Waals surface area (Å²) >= 11 is 1.76. The van der Waals surface area contributed by atoms with E-state index in [-0.39, 0.29) is 30.3 Å². The summed E-state index contributed by atoms with van der Waals surface area (Å²) < 4.78 is 0. The third-order valence-corrected chi connectivity index (χ3v) is 6.90. The summed E-state index contributed by atoms with van der Waals surface area (Å²) in [5, 5.41) is 2.11. The van der Waals surface area contributed by atoms with Crippen molar-refractivity contribution in [3.63, 3.8) is 0 Å². The van der Waals surface area contributed by atoms with Gasteiger partial charge in [0.1, 0.15) is 6.54 Å². The number of benzene rings is 2. The fourth-order valence-electron chi connectivity index (χ4n) is 4.37. The molecule has 32 heavy (non-hydrogen) atoms. The van der Waals surface area contributed by atoms with Crippen molar-refractivity contribution in [3.05, 3.63) is 93.2 Å². The Bertz CT molecular complexity index is 1070. The number of carbonyl (C=O) groups excluding carboxylic acids is 2. The van der Waals surface area contributed by atoms with Gasteiger partial charge in [-0.2, -0.15) is 0 Å². The van der Waals surface area contributed by atoms with Gasteiger partial charge in [-0.15, -0.1) is 11.3 Å². The van der Waals surface area contributed by atoms with Gasteiger partial charge >= 0.3 is 0 Å². The Morgan fingerprint density at radius 3 is 2.47 bits per heavy atom. The number of hydrogen-bond acceptors (Lipinski definition) is 3. The number of fused-ring (bicyclic) bond motifs is 1. The molecule has 0 bridgehead atoms. The molecule has 5 heteroatoms. The molecule has 2 amide bonds. The molecule has 1 aromatic heterocycles. The normalized spacial score (nSPS) is 15.5. The third kappa shape index (κ3) is 4.78. The van der Waals surface area contributed by atoms with Crippen molar-refractivity contribution >= 4 is 23.2 Å². The number of nitrogens with zero attached hydrogens (tertiary/aromatic N) is 2. The van der Waals surface area contributed by atoms with Crippen molar-refractivity contribution in [3.8, 4) is 0 Å². The number of aryl methyl sites for hydroxylation is 1. The second-order valence-corrected chi connectivity index (χ2v) is 9.90. The molecule has 0 spiro atoms. The lowest BCUT2D eigenvalue weighted by Gasteiger charge is -2.38. The van der Waals surface area contributed by atoms with Crippen LogP contribution in [0.1, 0.15) is 51.8 Å². The summed E-state index contributed by atoms with van der Waals surface area (Å²) in [5.74, 6) is 0.181. The highest BCUT2D eigenvalue weighted by Gasteiger charge is 2.34. The van der Waals surface area contributed by atoms with Gasteiger partial charge in [-0.1, -0.05) is 61.9 Å². The fourth-order valence-corrected chi connectivity index (χ4v) is 5.28. The minimum Gasteiger partial charge on any atom is -0.330 e. The van der Waals surface area contributed by atoms with Crippen LogP contribution in [0.15, 0.2) is 66.0 Å². The van der Waals surface area contributed by atoms with Gasteiger partial charge in [0.15, 0.2) is 0 Å². The van der Waals surface area contributed by atoms with Gasteiger partial charge in [-0.3, -0.25) is 9.59 Å². The lowest BCUT2D eigenvalue weighted by Crippen LogP contribution is -2.47. The van der Waals surface area contributed by atoms with Crippen molar-refractivity contribution in [1.82, 2.24) is 9.80 Å². The van der Waals surface area contributed by atoms with Crippen LogP contribution in [0.2, 0.25) is 0 Å². The van der Waals surface area contributed by atoms with Gasteiger partial charge in [0.2, 0.25) is 5.91 Å². The fraction of sp³-hybridized carbons (Fsp3) is 0.333. The monoisotopic (exact) mass is 446 g/mol. The summed E-state index contributed by atoms with van der Waals surface area (Å²) in [6, 6.07) is 19.8. The van der Waals surface area contributed by atoms with E-state index in [9.17, 15) is 9.59 Å². The molecule has 0 radical (unpaired) electrons. The second kappa shape index (κ2) is 9.70. The topological polar surface area (TPSA) is 40.6 Å².